The van der Waals surface area contributed by atoms with Crippen LogP contribution in [0.25, 0.3) is 0 Å². The molecule has 0 bridgehead atoms. The summed E-state index contributed by atoms with van der Waals surface area (Å²) >= 11 is 0. The molecule has 1 heterocycles. The molecule has 170 valence electrons. The average Bonchev–Trinajstić information content (AvgIpc) is 2.65. The number of piperazine rings is 1. The number of anilines is 1. The van der Waals surface area contributed by atoms with Crippen molar-refractivity contribution in [1.82, 2.24) is 4.90 Å². The van der Waals surface area contributed by atoms with Gasteiger partial charge in [0.25, 0.3) is 0 Å². The van der Waals surface area contributed by atoms with Gasteiger partial charge in [-0.3, -0.25) is 4.90 Å². The second-order valence-corrected chi connectivity index (χ2v) is 9.86. The predicted octanol–water partition coefficient (Wildman–Crippen LogP) is 4.42. The van der Waals surface area contributed by atoms with Gasteiger partial charge in [-0.05, 0) is 48.8 Å². The van der Waals surface area contributed by atoms with Crippen LogP contribution in [-0.4, -0.2) is 61.5 Å². The van der Waals surface area contributed by atoms with E-state index in [2.05, 4.69) is 25.7 Å². The molecular formula is C23H35F3N2O2. The lowest BCUT2D eigenvalue weighted by atomic mass is 9.71. The molecule has 2 fully saturated rings. The van der Waals surface area contributed by atoms with Gasteiger partial charge in [-0.2, -0.15) is 13.2 Å². The highest BCUT2D eigenvalue weighted by atomic mass is 19.4. The van der Waals surface area contributed by atoms with Crippen molar-refractivity contribution < 1.29 is 23.0 Å². The molecule has 1 saturated carbocycles. The molecule has 3 rings (SSSR count). The Kier molecular flexibility index (Phi) is 7.36. The summed E-state index contributed by atoms with van der Waals surface area (Å²) in [4.78, 5) is 4.13. The fourth-order valence-corrected chi connectivity index (χ4v) is 5.05. The molecule has 1 N–H and O–H groups in total. The van der Waals surface area contributed by atoms with Gasteiger partial charge in [0.1, 0.15) is 0 Å². The average molecular weight is 429 g/mol. The van der Waals surface area contributed by atoms with Gasteiger partial charge in [0.15, 0.2) is 0 Å². The summed E-state index contributed by atoms with van der Waals surface area (Å²) < 4.78 is 44.9. The molecular weight excluding hydrogens is 393 g/mol. The molecule has 1 aliphatic carbocycles. The summed E-state index contributed by atoms with van der Waals surface area (Å²) in [6, 6.07) is 5.49. The Bertz CT molecular complexity index is 687. The number of aliphatic hydroxyl groups excluding tert-OH is 1. The zero-order valence-electron chi connectivity index (χ0n) is 18.3. The standard InChI is InChI=1S/C23H35F3N2O2/c1-17-11-21(14-22(2,3)13-17)30-16-20(29)15-27-7-9-28(10-8-27)19-6-4-5-18(12-19)23(24,25)26/h4-6,12,17,20-21,29H,7-11,13-16H2,1-3H3/t17-,20+,21-/m1/s1. The first-order valence-corrected chi connectivity index (χ1v) is 11.0. The van der Waals surface area contributed by atoms with Crippen LogP contribution in [-0.2, 0) is 10.9 Å². The summed E-state index contributed by atoms with van der Waals surface area (Å²) in [6.45, 7) is 10.4. The summed E-state index contributed by atoms with van der Waals surface area (Å²) in [5.41, 5.74) is 0.269. The summed E-state index contributed by atoms with van der Waals surface area (Å²) in [5.74, 6) is 0.639. The number of rotatable bonds is 6. The van der Waals surface area contributed by atoms with Crippen LogP contribution in [0.15, 0.2) is 24.3 Å². The van der Waals surface area contributed by atoms with Gasteiger partial charge >= 0.3 is 6.18 Å². The Morgan fingerprint density at radius 2 is 1.87 bits per heavy atom. The Balaban J connectivity index is 1.42. The zero-order valence-corrected chi connectivity index (χ0v) is 18.3. The van der Waals surface area contributed by atoms with Crippen molar-refractivity contribution in [3.8, 4) is 0 Å². The molecule has 0 aromatic heterocycles. The van der Waals surface area contributed by atoms with Crippen LogP contribution < -0.4 is 4.90 Å². The molecule has 7 heteroatoms. The Morgan fingerprint density at radius 1 is 1.17 bits per heavy atom. The van der Waals surface area contributed by atoms with Gasteiger partial charge in [0.2, 0.25) is 0 Å². The van der Waals surface area contributed by atoms with Crippen molar-refractivity contribution in [3.63, 3.8) is 0 Å². The fraction of sp³-hybridized carbons (Fsp3) is 0.739. The van der Waals surface area contributed by atoms with Crippen molar-refractivity contribution in [2.45, 2.75) is 58.4 Å². The molecule has 2 aliphatic rings. The van der Waals surface area contributed by atoms with E-state index < -0.39 is 17.8 Å². The summed E-state index contributed by atoms with van der Waals surface area (Å²) in [5, 5.41) is 10.4. The molecule has 1 aromatic carbocycles. The van der Waals surface area contributed by atoms with Gasteiger partial charge in [-0.1, -0.05) is 26.8 Å². The second kappa shape index (κ2) is 9.45. The molecule has 0 spiro atoms. The largest absolute Gasteiger partial charge is 0.416 e. The molecule has 0 unspecified atom stereocenters. The third-order valence-electron chi connectivity index (χ3n) is 6.25. The number of β-amino-alcohol motifs (C(OH)–C–C–N with tert-alkyl or cyclic N) is 1. The zero-order chi connectivity index (χ0) is 21.9. The highest BCUT2D eigenvalue weighted by Crippen LogP contribution is 2.39. The Labute approximate surface area is 178 Å². The number of hydrogen-bond acceptors (Lipinski definition) is 4. The Morgan fingerprint density at radius 3 is 2.50 bits per heavy atom. The molecule has 1 aromatic rings. The second-order valence-electron chi connectivity index (χ2n) is 9.86. The highest BCUT2D eigenvalue weighted by molar-refractivity contribution is 5.49. The van der Waals surface area contributed by atoms with Crippen LogP contribution in [0.4, 0.5) is 18.9 Å². The van der Waals surface area contributed by atoms with E-state index in [4.69, 9.17) is 4.74 Å². The van der Waals surface area contributed by atoms with Gasteiger partial charge in [-0.25, -0.2) is 0 Å². The minimum absolute atomic E-state index is 0.205. The summed E-state index contributed by atoms with van der Waals surface area (Å²) in [6.07, 6.45) is -1.38. The first kappa shape index (κ1) is 23.4. The van der Waals surface area contributed by atoms with Gasteiger partial charge in [0.05, 0.1) is 24.4 Å². The first-order chi connectivity index (χ1) is 14.0. The van der Waals surface area contributed by atoms with Gasteiger partial charge in [0, 0.05) is 38.4 Å². The number of hydrogen-bond donors (Lipinski definition) is 1. The Hall–Kier alpha value is -1.31. The van der Waals surface area contributed by atoms with Crippen LogP contribution in [0.5, 0.6) is 0 Å². The third-order valence-corrected chi connectivity index (χ3v) is 6.25. The van der Waals surface area contributed by atoms with Crippen LogP contribution in [0.3, 0.4) is 0 Å². The third kappa shape index (κ3) is 6.59. The topological polar surface area (TPSA) is 35.9 Å². The monoisotopic (exact) mass is 428 g/mol. The summed E-state index contributed by atoms with van der Waals surface area (Å²) in [7, 11) is 0. The number of nitrogens with zero attached hydrogens (tertiary/aromatic N) is 2. The number of alkyl halides is 3. The lowest BCUT2D eigenvalue weighted by molar-refractivity contribution is -0.137. The lowest BCUT2D eigenvalue weighted by Crippen LogP contribution is -2.49. The van der Waals surface area contributed by atoms with Crippen molar-refractivity contribution >= 4 is 5.69 Å². The molecule has 0 amide bonds. The van der Waals surface area contributed by atoms with Gasteiger partial charge < -0.3 is 14.7 Å². The maximum absolute atomic E-state index is 12.9. The van der Waals surface area contributed by atoms with Crippen LogP contribution in [0.1, 0.15) is 45.6 Å². The normalized spacial score (nSPS) is 26.6. The van der Waals surface area contributed by atoms with Gasteiger partial charge in [-0.15, -0.1) is 0 Å². The van der Waals surface area contributed by atoms with Crippen molar-refractivity contribution in [2.24, 2.45) is 11.3 Å². The van der Waals surface area contributed by atoms with Crippen molar-refractivity contribution in [1.29, 1.82) is 0 Å². The SMILES string of the molecule is C[C@@H]1C[C@@H](OC[C@@H](O)CN2CCN(c3cccc(C(F)(F)F)c3)CC2)CC(C)(C)C1. The smallest absolute Gasteiger partial charge is 0.389 e. The van der Waals surface area contributed by atoms with E-state index in [1.165, 1.54) is 18.6 Å². The van der Waals surface area contributed by atoms with E-state index in [1.807, 2.05) is 4.90 Å². The van der Waals surface area contributed by atoms with E-state index in [1.54, 1.807) is 6.07 Å². The molecule has 0 radical (unpaired) electrons. The number of aliphatic hydroxyl groups is 1. The minimum Gasteiger partial charge on any atom is -0.389 e. The lowest BCUT2D eigenvalue weighted by Gasteiger charge is -2.39. The van der Waals surface area contributed by atoms with Crippen molar-refractivity contribution in [3.05, 3.63) is 29.8 Å². The molecule has 1 saturated heterocycles. The van der Waals surface area contributed by atoms with E-state index in [0.29, 0.717) is 50.9 Å². The highest BCUT2D eigenvalue weighted by Gasteiger charge is 2.33. The molecule has 30 heavy (non-hydrogen) atoms. The van der Waals surface area contributed by atoms with Crippen LogP contribution in [0.2, 0.25) is 0 Å². The number of benzene rings is 1. The maximum Gasteiger partial charge on any atom is 0.416 e. The first-order valence-electron chi connectivity index (χ1n) is 11.0. The quantitative estimate of drug-likeness (QED) is 0.728. The molecule has 1 aliphatic heterocycles. The number of halogens is 3. The maximum atomic E-state index is 12.9. The van der Waals surface area contributed by atoms with Crippen LogP contribution in [0, 0.1) is 11.3 Å². The number of ether oxygens (including phenoxy) is 1. The molecule has 4 nitrogen and oxygen atoms in total. The fourth-order valence-electron chi connectivity index (χ4n) is 5.05. The van der Waals surface area contributed by atoms with Crippen LogP contribution >= 0.6 is 0 Å². The molecule has 3 atom stereocenters. The van der Waals surface area contributed by atoms with E-state index >= 15 is 0 Å². The van der Waals surface area contributed by atoms with Crippen molar-refractivity contribution in [2.75, 3.05) is 44.2 Å². The minimum atomic E-state index is -4.33. The van der Waals surface area contributed by atoms with E-state index in [9.17, 15) is 18.3 Å². The van der Waals surface area contributed by atoms with E-state index in [-0.39, 0.29) is 11.5 Å². The van der Waals surface area contributed by atoms with E-state index in [0.717, 1.165) is 18.9 Å². The predicted molar refractivity (Wildman–Crippen MR) is 113 cm³/mol.